The summed E-state index contributed by atoms with van der Waals surface area (Å²) in [6.45, 7) is 4.17. The highest BCUT2D eigenvalue weighted by atomic mass is 32.2. The molecule has 0 radical (unpaired) electrons. The van der Waals surface area contributed by atoms with Gasteiger partial charge in [-0.15, -0.1) is 11.8 Å². The van der Waals surface area contributed by atoms with Crippen LogP contribution in [0.15, 0.2) is 238 Å². The van der Waals surface area contributed by atoms with E-state index in [0.29, 0.717) is 41.9 Å². The molecule has 364 valence electrons. The van der Waals surface area contributed by atoms with E-state index in [0.717, 1.165) is 66.4 Å². The first-order chi connectivity index (χ1) is 36.6. The highest BCUT2D eigenvalue weighted by Gasteiger charge is 2.50. The van der Waals surface area contributed by atoms with E-state index in [-0.39, 0.29) is 19.6 Å². The zero-order valence-electron chi connectivity index (χ0n) is 41.2. The molecular formula is C67H48O6S2. The van der Waals surface area contributed by atoms with Crippen LogP contribution in [0.2, 0.25) is 0 Å². The molecule has 75 heavy (non-hydrogen) atoms. The van der Waals surface area contributed by atoms with Gasteiger partial charge in [-0.1, -0.05) is 170 Å². The van der Waals surface area contributed by atoms with Gasteiger partial charge >= 0.3 is 0 Å². The molecule has 0 atom stereocenters. The van der Waals surface area contributed by atoms with Crippen LogP contribution in [-0.2, 0) is 36.9 Å². The Hall–Kier alpha value is -8.66. The van der Waals surface area contributed by atoms with E-state index in [9.17, 15) is 16.8 Å². The van der Waals surface area contributed by atoms with Crippen molar-refractivity contribution in [1.29, 1.82) is 0 Å². The van der Waals surface area contributed by atoms with Gasteiger partial charge in [0, 0.05) is 0 Å². The smallest absolute Gasteiger partial charge is 0.207 e. The Morgan fingerprint density at radius 2 is 0.667 bits per heavy atom. The van der Waals surface area contributed by atoms with Crippen molar-refractivity contribution in [1.82, 2.24) is 0 Å². The first kappa shape index (κ1) is 47.4. The van der Waals surface area contributed by atoms with E-state index in [1.807, 2.05) is 84.9 Å². The lowest BCUT2D eigenvalue weighted by atomic mass is 9.64. The SMILES string of the molecule is CC#CCOc1ccc2cc(C3(c4ccc(Cc5ccc(C6(c7ccc8cc(OCC#CC)ccc8c7)c7ccccc7S(=O)(=O)c7ccccc76)cc5)cc4)c4ccccc4S(=O)(=O)c4ccccc43)ccc2c1. The normalized spacial score (nSPS) is 14.9. The first-order valence-electron chi connectivity index (χ1n) is 24.8. The third-order valence-corrected chi connectivity index (χ3v) is 18.7. The van der Waals surface area contributed by atoms with Gasteiger partial charge in [0.05, 0.1) is 30.4 Å². The second-order valence-corrected chi connectivity index (χ2v) is 22.7. The summed E-state index contributed by atoms with van der Waals surface area (Å²) in [5.74, 6) is 13.1. The lowest BCUT2D eigenvalue weighted by Gasteiger charge is -2.42. The van der Waals surface area contributed by atoms with Crippen LogP contribution in [0.1, 0.15) is 69.5 Å². The summed E-state index contributed by atoms with van der Waals surface area (Å²) >= 11 is 0. The maximum atomic E-state index is 14.5. The lowest BCUT2D eigenvalue weighted by molar-refractivity contribution is 0.370. The molecule has 0 aromatic heterocycles. The Morgan fingerprint density at radius 3 is 1.01 bits per heavy atom. The van der Waals surface area contributed by atoms with E-state index < -0.39 is 30.5 Å². The molecule has 0 saturated carbocycles. The molecule has 0 unspecified atom stereocenters. The van der Waals surface area contributed by atoms with Crippen LogP contribution in [0, 0.1) is 23.7 Å². The number of rotatable bonds is 10. The van der Waals surface area contributed by atoms with Crippen LogP contribution in [0.4, 0.5) is 0 Å². The summed E-state index contributed by atoms with van der Waals surface area (Å²) in [5, 5.41) is 3.97. The molecule has 6 nitrogen and oxygen atoms in total. The summed E-state index contributed by atoms with van der Waals surface area (Å²) in [6, 6.07) is 71.4. The third-order valence-electron chi connectivity index (χ3n) is 15.0. The first-order valence-corrected chi connectivity index (χ1v) is 27.8. The molecule has 12 rings (SSSR count). The topological polar surface area (TPSA) is 86.7 Å². The molecule has 8 heteroatoms. The van der Waals surface area contributed by atoms with Crippen LogP contribution in [0.5, 0.6) is 11.5 Å². The van der Waals surface area contributed by atoms with Crippen molar-refractivity contribution in [2.24, 2.45) is 0 Å². The zero-order chi connectivity index (χ0) is 51.4. The average molecular weight is 1010 g/mol. The summed E-state index contributed by atoms with van der Waals surface area (Å²) in [7, 11) is -7.70. The van der Waals surface area contributed by atoms with Gasteiger partial charge in [0.25, 0.3) is 0 Å². The van der Waals surface area contributed by atoms with Crippen LogP contribution in [0.3, 0.4) is 0 Å². The van der Waals surface area contributed by atoms with Crippen molar-refractivity contribution in [2.45, 2.75) is 50.7 Å². The van der Waals surface area contributed by atoms with Gasteiger partial charge in [0.2, 0.25) is 19.7 Å². The van der Waals surface area contributed by atoms with Crippen LogP contribution < -0.4 is 9.47 Å². The van der Waals surface area contributed by atoms with Crippen molar-refractivity contribution >= 4 is 41.2 Å². The average Bonchev–Trinajstić information content (AvgIpc) is 3.46. The minimum atomic E-state index is -3.85. The predicted octanol–water partition coefficient (Wildman–Crippen LogP) is 13.4. The number of hydrogen-bond donors (Lipinski definition) is 0. The van der Waals surface area contributed by atoms with Crippen LogP contribution in [-0.4, -0.2) is 30.0 Å². The Kier molecular flexibility index (Phi) is 11.8. The summed E-state index contributed by atoms with van der Waals surface area (Å²) in [5.41, 5.74) is 6.68. The highest BCUT2D eigenvalue weighted by molar-refractivity contribution is 7.92. The molecule has 0 saturated heterocycles. The molecule has 0 aliphatic carbocycles. The third kappa shape index (κ3) is 7.63. The maximum absolute atomic E-state index is 14.5. The molecule has 2 aliphatic rings. The summed E-state index contributed by atoms with van der Waals surface area (Å²) < 4.78 is 69.7. The van der Waals surface area contributed by atoms with Crippen molar-refractivity contribution in [3.05, 3.63) is 274 Å². The Balaban J connectivity index is 0.957. The van der Waals surface area contributed by atoms with Crippen LogP contribution in [0.25, 0.3) is 21.5 Å². The monoisotopic (exact) mass is 1010 g/mol. The second-order valence-electron chi connectivity index (χ2n) is 18.9. The molecule has 0 amide bonds. The molecule has 0 N–H and O–H groups in total. The van der Waals surface area contributed by atoms with Crippen molar-refractivity contribution in [3.8, 4) is 35.2 Å². The van der Waals surface area contributed by atoms with Gasteiger partial charge in [0.1, 0.15) is 24.7 Å². The largest absolute Gasteiger partial charge is 0.481 e. The molecule has 0 fully saturated rings. The van der Waals surface area contributed by atoms with Crippen molar-refractivity contribution < 1.29 is 26.3 Å². The fourth-order valence-electron chi connectivity index (χ4n) is 11.6. The van der Waals surface area contributed by atoms with Crippen LogP contribution >= 0.6 is 0 Å². The Bertz CT molecular complexity index is 3900. The molecule has 10 aromatic rings. The van der Waals surface area contributed by atoms with Gasteiger partial charge in [0.15, 0.2) is 0 Å². The van der Waals surface area contributed by atoms with Crippen molar-refractivity contribution in [3.63, 3.8) is 0 Å². The number of sulfone groups is 2. The fourth-order valence-corrected chi connectivity index (χ4v) is 15.2. The van der Waals surface area contributed by atoms with Gasteiger partial charge < -0.3 is 9.47 Å². The van der Waals surface area contributed by atoms with Crippen molar-refractivity contribution in [2.75, 3.05) is 13.2 Å². The van der Waals surface area contributed by atoms with Gasteiger partial charge in [-0.05, 0) is 158 Å². The van der Waals surface area contributed by atoms with E-state index in [1.165, 1.54) is 0 Å². The number of hydrogen-bond acceptors (Lipinski definition) is 6. The fraction of sp³-hybridized carbons (Fsp3) is 0.104. The van der Waals surface area contributed by atoms with Gasteiger partial charge in [-0.25, -0.2) is 16.8 Å². The predicted molar refractivity (Wildman–Crippen MR) is 296 cm³/mol. The standard InChI is InChI=1S/C67H48O6S2/c1-3-5-39-72-56-37-29-48-42-54(35-27-50(48)44-56)66(58-15-7-11-19-62(58)74(68,69)63-20-12-8-16-59(63)66)52-31-23-46(24-32-52)41-47-25-33-53(34-26-47)67(55-36-28-51-45-57(73-40-6-4-2)38-30-49(51)43-55)60-17-9-13-21-64(60)75(70,71)65-22-14-10-18-61(65)67/h7-38,42-45H,39-41H2,1-2H3. The molecule has 10 aromatic carbocycles. The van der Waals surface area contributed by atoms with E-state index in [4.69, 9.17) is 9.47 Å². The lowest BCUT2D eigenvalue weighted by Crippen LogP contribution is -2.37. The highest BCUT2D eigenvalue weighted by Crippen LogP contribution is 2.56. The summed E-state index contributed by atoms with van der Waals surface area (Å²) in [6.07, 6.45) is 0.609. The molecule has 0 bridgehead atoms. The molecule has 2 aliphatic heterocycles. The Labute approximate surface area is 438 Å². The van der Waals surface area contributed by atoms with Gasteiger partial charge in [-0.2, -0.15) is 0 Å². The minimum Gasteiger partial charge on any atom is -0.481 e. The molecular weight excluding hydrogens is 965 g/mol. The maximum Gasteiger partial charge on any atom is 0.207 e. The number of benzene rings is 10. The van der Waals surface area contributed by atoms with E-state index >= 15 is 0 Å². The minimum absolute atomic E-state index is 0.285. The van der Waals surface area contributed by atoms with E-state index in [2.05, 4.69) is 109 Å². The second kappa shape index (κ2) is 18.7. The Morgan fingerprint density at radius 1 is 0.360 bits per heavy atom. The number of ether oxygens (including phenoxy) is 2. The molecule has 0 spiro atoms. The quantitative estimate of drug-likeness (QED) is 0.127. The van der Waals surface area contributed by atoms with Gasteiger partial charge in [-0.3, -0.25) is 0 Å². The zero-order valence-corrected chi connectivity index (χ0v) is 42.8. The number of fused-ring (bicyclic) bond motifs is 6. The summed E-state index contributed by atoms with van der Waals surface area (Å²) in [4.78, 5) is 1.14. The molecule has 2 heterocycles. The van der Waals surface area contributed by atoms with E-state index in [1.54, 1.807) is 62.4 Å².